The summed E-state index contributed by atoms with van der Waals surface area (Å²) in [5.74, 6) is -1.41. The number of carbonyl (C=O) groups excluding carboxylic acids is 1. The molecule has 0 aliphatic rings. The van der Waals surface area contributed by atoms with Gasteiger partial charge in [0, 0.05) is 19.8 Å². The summed E-state index contributed by atoms with van der Waals surface area (Å²) in [5.41, 5.74) is 1.84. The SMILES string of the molecule is COc1ccccc1CC(CNC(=O)c1cn(C)nc1C)C(=O)O. The number of hydrogen-bond acceptors (Lipinski definition) is 4. The molecule has 1 atom stereocenters. The van der Waals surface area contributed by atoms with Gasteiger partial charge in [-0.05, 0) is 25.0 Å². The Labute approximate surface area is 140 Å². The van der Waals surface area contributed by atoms with Crippen LogP contribution < -0.4 is 10.1 Å². The number of carbonyl (C=O) groups is 2. The lowest BCUT2D eigenvalue weighted by atomic mass is 9.98. The minimum Gasteiger partial charge on any atom is -0.496 e. The van der Waals surface area contributed by atoms with E-state index < -0.39 is 11.9 Å². The number of ether oxygens (including phenoxy) is 1. The van der Waals surface area contributed by atoms with Crippen molar-refractivity contribution in [2.24, 2.45) is 13.0 Å². The molecule has 24 heavy (non-hydrogen) atoms. The molecule has 0 aliphatic heterocycles. The lowest BCUT2D eigenvalue weighted by molar-refractivity contribution is -0.141. The molecule has 0 aliphatic carbocycles. The van der Waals surface area contributed by atoms with Crippen molar-refractivity contribution in [3.8, 4) is 5.75 Å². The first-order chi connectivity index (χ1) is 11.4. The highest BCUT2D eigenvalue weighted by Gasteiger charge is 2.22. The van der Waals surface area contributed by atoms with E-state index in [9.17, 15) is 14.7 Å². The maximum atomic E-state index is 12.2. The van der Waals surface area contributed by atoms with Crippen LogP contribution in [0.2, 0.25) is 0 Å². The number of amides is 1. The maximum absolute atomic E-state index is 12.2. The van der Waals surface area contributed by atoms with E-state index in [-0.39, 0.29) is 18.9 Å². The molecule has 2 aromatic rings. The van der Waals surface area contributed by atoms with E-state index in [1.54, 1.807) is 38.0 Å². The maximum Gasteiger partial charge on any atom is 0.308 e. The molecule has 0 bridgehead atoms. The number of nitrogens with zero attached hydrogens (tertiary/aromatic N) is 2. The van der Waals surface area contributed by atoms with Crippen molar-refractivity contribution >= 4 is 11.9 Å². The van der Waals surface area contributed by atoms with Crippen LogP contribution in [0.15, 0.2) is 30.5 Å². The van der Waals surface area contributed by atoms with Crippen LogP contribution >= 0.6 is 0 Å². The molecule has 0 saturated heterocycles. The standard InChI is InChI=1S/C17H21N3O4/c1-11-14(10-20(2)19-11)16(21)18-9-13(17(22)23)8-12-6-4-5-7-15(12)24-3/h4-7,10,13H,8-9H2,1-3H3,(H,18,21)(H,22,23). The zero-order valence-corrected chi connectivity index (χ0v) is 13.9. The Balaban J connectivity index is 2.05. The predicted molar refractivity (Wildman–Crippen MR) is 88.1 cm³/mol. The lowest BCUT2D eigenvalue weighted by Gasteiger charge is -2.15. The number of hydrogen-bond donors (Lipinski definition) is 2. The Hall–Kier alpha value is -2.83. The van der Waals surface area contributed by atoms with E-state index >= 15 is 0 Å². The van der Waals surface area contributed by atoms with Crippen molar-refractivity contribution in [3.63, 3.8) is 0 Å². The number of methoxy groups -OCH3 is 1. The Morgan fingerprint density at radius 2 is 2.08 bits per heavy atom. The molecule has 1 aromatic carbocycles. The Morgan fingerprint density at radius 3 is 2.67 bits per heavy atom. The number of carboxylic acids is 1. The van der Waals surface area contributed by atoms with Crippen LogP contribution in [0.25, 0.3) is 0 Å². The van der Waals surface area contributed by atoms with Gasteiger partial charge in [-0.1, -0.05) is 18.2 Å². The van der Waals surface area contributed by atoms with Gasteiger partial charge in [-0.25, -0.2) is 0 Å². The van der Waals surface area contributed by atoms with Crippen molar-refractivity contribution in [3.05, 3.63) is 47.3 Å². The number of aromatic nitrogens is 2. The molecular weight excluding hydrogens is 310 g/mol. The van der Waals surface area contributed by atoms with Crippen LogP contribution in [0.3, 0.4) is 0 Å². The quantitative estimate of drug-likeness (QED) is 0.800. The third-order valence-corrected chi connectivity index (χ3v) is 3.78. The van der Waals surface area contributed by atoms with E-state index in [1.165, 1.54) is 0 Å². The molecule has 1 aromatic heterocycles. The van der Waals surface area contributed by atoms with E-state index in [0.717, 1.165) is 5.56 Å². The van der Waals surface area contributed by atoms with E-state index in [0.29, 0.717) is 17.0 Å². The average Bonchev–Trinajstić information content (AvgIpc) is 2.89. The molecule has 1 unspecified atom stereocenters. The molecule has 1 amide bonds. The summed E-state index contributed by atoms with van der Waals surface area (Å²) < 4.78 is 6.80. The largest absolute Gasteiger partial charge is 0.496 e. The zero-order chi connectivity index (χ0) is 17.7. The van der Waals surface area contributed by atoms with E-state index in [4.69, 9.17) is 4.74 Å². The highest BCUT2D eigenvalue weighted by Crippen LogP contribution is 2.21. The number of carboxylic acid groups (broad SMARTS) is 1. The minimum absolute atomic E-state index is 0.0283. The number of aliphatic carboxylic acids is 1. The van der Waals surface area contributed by atoms with Gasteiger partial charge in [-0.2, -0.15) is 5.10 Å². The first-order valence-electron chi connectivity index (χ1n) is 7.55. The molecule has 2 N–H and O–H groups in total. The van der Waals surface area contributed by atoms with Crippen molar-refractivity contribution in [2.45, 2.75) is 13.3 Å². The lowest BCUT2D eigenvalue weighted by Crippen LogP contribution is -2.34. The molecule has 0 fully saturated rings. The average molecular weight is 331 g/mol. The summed E-state index contributed by atoms with van der Waals surface area (Å²) in [4.78, 5) is 23.7. The number of rotatable bonds is 7. The van der Waals surface area contributed by atoms with Gasteiger partial charge in [-0.3, -0.25) is 14.3 Å². The smallest absolute Gasteiger partial charge is 0.308 e. The van der Waals surface area contributed by atoms with Gasteiger partial charge in [0.25, 0.3) is 5.91 Å². The monoisotopic (exact) mass is 331 g/mol. The summed E-state index contributed by atoms with van der Waals surface area (Å²) in [6.07, 6.45) is 1.88. The third-order valence-electron chi connectivity index (χ3n) is 3.78. The van der Waals surface area contributed by atoms with Gasteiger partial charge < -0.3 is 15.2 Å². The number of aryl methyl sites for hydroxylation is 2. The molecule has 2 rings (SSSR count). The van der Waals surface area contributed by atoms with Crippen LogP contribution in [-0.2, 0) is 18.3 Å². The first-order valence-corrected chi connectivity index (χ1v) is 7.55. The van der Waals surface area contributed by atoms with Crippen LogP contribution in [0.1, 0.15) is 21.6 Å². The molecule has 0 saturated carbocycles. The number of nitrogens with one attached hydrogen (secondary N) is 1. The van der Waals surface area contributed by atoms with Gasteiger partial charge in [0.05, 0.1) is 24.3 Å². The van der Waals surface area contributed by atoms with E-state index in [2.05, 4.69) is 10.4 Å². The summed E-state index contributed by atoms with van der Waals surface area (Å²) in [6, 6.07) is 7.26. The molecule has 7 heteroatoms. The van der Waals surface area contributed by atoms with Crippen molar-refractivity contribution < 1.29 is 19.4 Å². The second-order valence-electron chi connectivity index (χ2n) is 5.56. The highest BCUT2D eigenvalue weighted by molar-refractivity contribution is 5.95. The van der Waals surface area contributed by atoms with Crippen LogP contribution in [-0.4, -0.2) is 40.4 Å². The molecule has 0 spiro atoms. The van der Waals surface area contributed by atoms with Gasteiger partial charge >= 0.3 is 5.97 Å². The summed E-state index contributed by atoms with van der Waals surface area (Å²) >= 11 is 0. The van der Waals surface area contributed by atoms with Gasteiger partial charge in [0.15, 0.2) is 0 Å². The van der Waals surface area contributed by atoms with Gasteiger partial charge in [-0.15, -0.1) is 0 Å². The first kappa shape index (κ1) is 17.5. The fourth-order valence-corrected chi connectivity index (χ4v) is 2.52. The van der Waals surface area contributed by atoms with E-state index in [1.807, 2.05) is 18.2 Å². The Kier molecular flexibility index (Phi) is 5.57. The third kappa shape index (κ3) is 4.13. The highest BCUT2D eigenvalue weighted by atomic mass is 16.5. The van der Waals surface area contributed by atoms with Crippen molar-refractivity contribution in [2.75, 3.05) is 13.7 Å². The fourth-order valence-electron chi connectivity index (χ4n) is 2.52. The zero-order valence-electron chi connectivity index (χ0n) is 13.9. The van der Waals surface area contributed by atoms with Gasteiger partial charge in [0.1, 0.15) is 5.75 Å². The summed E-state index contributed by atoms with van der Waals surface area (Å²) in [6.45, 7) is 1.76. The topological polar surface area (TPSA) is 93.5 Å². The van der Waals surface area contributed by atoms with Crippen LogP contribution in [0, 0.1) is 12.8 Å². The normalized spacial score (nSPS) is 11.8. The Morgan fingerprint density at radius 1 is 1.38 bits per heavy atom. The van der Waals surface area contributed by atoms with Gasteiger partial charge in [0.2, 0.25) is 0 Å². The van der Waals surface area contributed by atoms with Crippen molar-refractivity contribution in [1.29, 1.82) is 0 Å². The molecule has 0 radical (unpaired) electrons. The van der Waals surface area contributed by atoms with Crippen molar-refractivity contribution in [1.82, 2.24) is 15.1 Å². The predicted octanol–water partition coefficient (Wildman–Crippen LogP) is 1.41. The van der Waals surface area contributed by atoms with Crippen LogP contribution in [0.4, 0.5) is 0 Å². The fraction of sp³-hybridized carbons (Fsp3) is 0.353. The second kappa shape index (κ2) is 7.63. The number of para-hydroxylation sites is 1. The van der Waals surface area contributed by atoms with Crippen LogP contribution in [0.5, 0.6) is 5.75 Å². The second-order valence-corrected chi connectivity index (χ2v) is 5.56. The number of benzene rings is 1. The summed E-state index contributed by atoms with van der Waals surface area (Å²) in [7, 11) is 3.27. The Bertz CT molecular complexity index is 739. The molecular formula is C17H21N3O4. The molecule has 1 heterocycles. The molecule has 7 nitrogen and oxygen atoms in total. The minimum atomic E-state index is -0.968. The summed E-state index contributed by atoms with van der Waals surface area (Å²) in [5, 5.41) is 16.2. The molecule has 128 valence electrons.